The maximum Gasteiger partial charge on any atom is 0.240 e. The first kappa shape index (κ1) is 26.5. The molecule has 7 nitrogen and oxygen atoms in total. The van der Waals surface area contributed by atoms with E-state index in [9.17, 15) is 8.42 Å². The van der Waals surface area contributed by atoms with Gasteiger partial charge in [0.1, 0.15) is 4.90 Å². The molecule has 0 aromatic heterocycles. The van der Waals surface area contributed by atoms with Gasteiger partial charge in [-0.3, -0.25) is 0 Å². The number of hydrogen-bond acceptors (Lipinski definition) is 6. The second-order valence-corrected chi connectivity index (χ2v) is 7.76. The van der Waals surface area contributed by atoms with E-state index in [2.05, 4.69) is 4.99 Å². The number of nitrogens with zero attached hydrogens (tertiary/aromatic N) is 1. The van der Waals surface area contributed by atoms with Crippen molar-refractivity contribution in [3.8, 4) is 11.5 Å². The first-order valence-corrected chi connectivity index (χ1v) is 11.9. The smallest absolute Gasteiger partial charge is 0.240 e. The molecule has 2 aromatic carbocycles. The molecule has 0 aliphatic heterocycles. The Kier molecular flexibility index (Phi) is 10.5. The Morgan fingerprint density at radius 3 is 2.13 bits per heavy atom. The molecule has 0 spiro atoms. The van der Waals surface area contributed by atoms with Gasteiger partial charge in [0.15, 0.2) is 17.4 Å². The number of aliphatic imine (C=N–C) groups is 1. The van der Waals surface area contributed by atoms with Gasteiger partial charge in [0.05, 0.1) is 27.0 Å². The highest BCUT2D eigenvalue weighted by atomic mass is 32.2. The first-order chi connectivity index (χ1) is 14.9. The number of benzene rings is 2. The van der Waals surface area contributed by atoms with Gasteiger partial charge in [0.2, 0.25) is 10.0 Å². The van der Waals surface area contributed by atoms with E-state index in [-0.39, 0.29) is 22.4 Å². The largest absolute Gasteiger partial charge is 0.493 e. The van der Waals surface area contributed by atoms with Crippen LogP contribution < -0.4 is 14.6 Å². The molecule has 0 amide bonds. The molecule has 1 saturated carbocycles. The van der Waals surface area contributed by atoms with Gasteiger partial charge in [-0.25, -0.2) is 18.5 Å². The molecular formula is C23H34N2O5S. The van der Waals surface area contributed by atoms with Crippen molar-refractivity contribution >= 4 is 21.6 Å². The fraction of sp³-hybridized carbons (Fsp3) is 0.435. The normalized spacial score (nSPS) is 17.4. The van der Waals surface area contributed by atoms with Crippen LogP contribution in [0.5, 0.6) is 11.5 Å². The van der Waals surface area contributed by atoms with Gasteiger partial charge in [-0.05, 0) is 42.2 Å². The molecule has 1 aliphatic rings. The summed E-state index contributed by atoms with van der Waals surface area (Å²) in [5.41, 5.74) is 1.36. The third-order valence-corrected chi connectivity index (χ3v) is 5.51. The minimum absolute atomic E-state index is 0.0251. The van der Waals surface area contributed by atoms with Crippen LogP contribution in [-0.2, 0) is 14.8 Å². The van der Waals surface area contributed by atoms with Crippen LogP contribution in [0.15, 0.2) is 52.4 Å². The van der Waals surface area contributed by atoms with Crippen LogP contribution in [0.3, 0.4) is 0 Å². The Balaban J connectivity index is 0.00000113. The molecule has 2 aromatic rings. The average molecular weight is 451 g/mol. The van der Waals surface area contributed by atoms with Gasteiger partial charge in [0.25, 0.3) is 0 Å². The quantitative estimate of drug-likeness (QED) is 0.499. The summed E-state index contributed by atoms with van der Waals surface area (Å²) in [7, 11) is 0.851. The minimum atomic E-state index is -3.87. The van der Waals surface area contributed by atoms with Crippen LogP contribution in [0.25, 0.3) is 0 Å². The second-order valence-electron chi connectivity index (χ2n) is 6.23. The van der Waals surface area contributed by atoms with Crippen molar-refractivity contribution in [2.24, 2.45) is 16.0 Å². The van der Waals surface area contributed by atoms with Gasteiger partial charge in [-0.1, -0.05) is 45.9 Å². The maximum absolute atomic E-state index is 11.8. The molecule has 1 aliphatic carbocycles. The highest BCUT2D eigenvalue weighted by Gasteiger charge is 2.43. The van der Waals surface area contributed by atoms with E-state index < -0.39 is 10.0 Å². The van der Waals surface area contributed by atoms with Crippen molar-refractivity contribution in [2.75, 3.05) is 21.3 Å². The molecule has 0 radical (unpaired) electrons. The molecule has 2 N–H and O–H groups in total. The monoisotopic (exact) mass is 450 g/mol. The lowest BCUT2D eigenvalue weighted by molar-refractivity contribution is 0.354. The van der Waals surface area contributed by atoms with Crippen LogP contribution in [-0.4, -0.2) is 35.6 Å². The lowest BCUT2D eigenvalue weighted by Gasteiger charge is -2.10. The number of ether oxygens (including phenoxy) is 3. The second kappa shape index (κ2) is 12.3. The Hall–Kier alpha value is -2.58. The number of hydrogen-bond donors (Lipinski definition) is 1. The summed E-state index contributed by atoms with van der Waals surface area (Å²) >= 11 is 0. The molecule has 2 atom stereocenters. The molecule has 0 saturated heterocycles. The summed E-state index contributed by atoms with van der Waals surface area (Å²) in [6, 6.07) is 12.1. The number of sulfonamides is 1. The Labute approximate surface area is 186 Å². The minimum Gasteiger partial charge on any atom is -0.493 e. The van der Waals surface area contributed by atoms with E-state index in [1.807, 2.05) is 45.9 Å². The van der Waals surface area contributed by atoms with Crippen LogP contribution in [0.2, 0.25) is 0 Å². The van der Waals surface area contributed by atoms with Crippen molar-refractivity contribution in [1.82, 2.24) is 0 Å². The fourth-order valence-corrected chi connectivity index (χ4v) is 3.78. The molecule has 0 bridgehead atoms. The number of para-hydroxylation sites is 1. The summed E-state index contributed by atoms with van der Waals surface area (Å²) in [5.74, 6) is 2.08. The Morgan fingerprint density at radius 2 is 1.58 bits per heavy atom. The first-order valence-electron chi connectivity index (χ1n) is 10.4. The van der Waals surface area contributed by atoms with Gasteiger partial charge in [-0.2, -0.15) is 0 Å². The maximum atomic E-state index is 11.8. The number of primary sulfonamides is 1. The summed E-state index contributed by atoms with van der Waals surface area (Å²) in [5, 5.41) is 5.28. The van der Waals surface area contributed by atoms with Gasteiger partial charge in [0, 0.05) is 5.92 Å². The van der Waals surface area contributed by atoms with Crippen LogP contribution in [0, 0.1) is 5.92 Å². The zero-order valence-corrected chi connectivity index (χ0v) is 20.2. The topological polar surface area (TPSA) is 100 Å². The molecule has 172 valence electrons. The summed E-state index contributed by atoms with van der Waals surface area (Å²) in [6.45, 7) is 8.00. The van der Waals surface area contributed by atoms with Crippen LogP contribution in [0.4, 0.5) is 5.69 Å². The molecule has 1 fully saturated rings. The van der Waals surface area contributed by atoms with Crippen LogP contribution in [0.1, 0.15) is 45.6 Å². The summed E-state index contributed by atoms with van der Waals surface area (Å²) in [6.07, 6.45) is 0.847. The van der Waals surface area contributed by atoms with Gasteiger partial charge < -0.3 is 14.2 Å². The molecule has 2 unspecified atom stereocenters. The number of rotatable bonds is 6. The van der Waals surface area contributed by atoms with Crippen molar-refractivity contribution in [3.63, 3.8) is 0 Å². The van der Waals surface area contributed by atoms with E-state index in [4.69, 9.17) is 19.3 Å². The van der Waals surface area contributed by atoms with E-state index in [0.717, 1.165) is 12.0 Å². The van der Waals surface area contributed by atoms with Crippen LogP contribution >= 0.6 is 0 Å². The summed E-state index contributed by atoms with van der Waals surface area (Å²) in [4.78, 5) is 4.41. The van der Waals surface area contributed by atoms with E-state index in [0.29, 0.717) is 17.4 Å². The standard InChI is InChI=1S/C19H22N2O5S.2C2H6/c1-24-16-9-8-12(10-17(16)25-2)13-11-14(13)19(26-3)21-15-6-4-5-7-18(15)27(20,22)23;2*1-2/h4-10,13-14H,11H2,1-3H3,(H2,20,22,23);2*1-2H3. The zero-order valence-electron chi connectivity index (χ0n) is 19.4. The molecule has 0 heterocycles. The lowest BCUT2D eigenvalue weighted by atomic mass is 10.1. The Bertz CT molecular complexity index is 974. The third kappa shape index (κ3) is 6.70. The van der Waals surface area contributed by atoms with E-state index in [1.165, 1.54) is 13.2 Å². The number of methoxy groups -OCH3 is 3. The predicted molar refractivity (Wildman–Crippen MR) is 125 cm³/mol. The zero-order chi connectivity index (χ0) is 23.6. The van der Waals surface area contributed by atoms with Gasteiger partial charge in [-0.15, -0.1) is 0 Å². The fourth-order valence-electron chi connectivity index (χ4n) is 3.11. The summed E-state index contributed by atoms with van der Waals surface area (Å²) < 4.78 is 39.6. The third-order valence-electron chi connectivity index (χ3n) is 4.55. The molecule has 3 rings (SSSR count). The highest BCUT2D eigenvalue weighted by Crippen LogP contribution is 2.50. The number of nitrogens with two attached hydrogens (primary N) is 1. The SMILES string of the molecule is CC.CC.COC(=Nc1ccccc1S(N)(=O)=O)C1CC1c1ccc(OC)c(OC)c1. The average Bonchev–Trinajstić information content (AvgIpc) is 3.60. The lowest BCUT2D eigenvalue weighted by Crippen LogP contribution is -2.13. The molecule has 31 heavy (non-hydrogen) atoms. The Morgan fingerprint density at radius 1 is 0.968 bits per heavy atom. The predicted octanol–water partition coefficient (Wildman–Crippen LogP) is 4.88. The van der Waals surface area contributed by atoms with E-state index in [1.54, 1.807) is 32.4 Å². The highest BCUT2D eigenvalue weighted by molar-refractivity contribution is 7.89. The van der Waals surface area contributed by atoms with Gasteiger partial charge >= 0.3 is 0 Å². The van der Waals surface area contributed by atoms with E-state index >= 15 is 0 Å². The van der Waals surface area contributed by atoms with Crippen molar-refractivity contribution in [1.29, 1.82) is 0 Å². The van der Waals surface area contributed by atoms with Crippen molar-refractivity contribution < 1.29 is 22.6 Å². The van der Waals surface area contributed by atoms with Crippen molar-refractivity contribution in [2.45, 2.75) is 44.9 Å². The molecular weight excluding hydrogens is 416 g/mol. The van der Waals surface area contributed by atoms with Crippen molar-refractivity contribution in [3.05, 3.63) is 48.0 Å². The molecule has 8 heteroatoms.